The Labute approximate surface area is 154 Å². The smallest absolute Gasteiger partial charge is 0.312 e. The summed E-state index contributed by atoms with van der Waals surface area (Å²) in [6, 6.07) is 9.32. The van der Waals surface area contributed by atoms with Crippen molar-refractivity contribution in [1.82, 2.24) is 0 Å². The molecular weight excluding hydrogens is 330 g/mol. The first-order chi connectivity index (χ1) is 12.3. The second-order valence-electron chi connectivity index (χ2n) is 8.75. The third-order valence-corrected chi connectivity index (χ3v) is 6.57. The Morgan fingerprint density at radius 2 is 1.77 bits per heavy atom. The van der Waals surface area contributed by atoms with Gasteiger partial charge in [-0.05, 0) is 69.4 Å². The van der Waals surface area contributed by atoms with Crippen LogP contribution in [0.5, 0.6) is 0 Å². The number of hydrogen-bond acceptors (Lipinski definition) is 4. The number of ether oxygens (including phenoxy) is 1. The summed E-state index contributed by atoms with van der Waals surface area (Å²) in [5.41, 5.74) is -0.542. The normalized spacial score (nSPS) is 35.8. The minimum absolute atomic E-state index is 0.243. The minimum atomic E-state index is -0.838. The Hall–Kier alpha value is -1.88. The number of rotatable bonds is 4. The molecule has 2 unspecified atom stereocenters. The third-order valence-electron chi connectivity index (χ3n) is 6.57. The Balaban J connectivity index is 1.45. The van der Waals surface area contributed by atoms with Crippen molar-refractivity contribution in [3.05, 3.63) is 30.3 Å². The van der Waals surface area contributed by atoms with Crippen LogP contribution in [0.15, 0.2) is 30.3 Å². The van der Waals surface area contributed by atoms with Crippen LogP contribution >= 0.6 is 0 Å². The molecule has 1 amide bonds. The van der Waals surface area contributed by atoms with Gasteiger partial charge in [-0.25, -0.2) is 0 Å². The second-order valence-corrected chi connectivity index (χ2v) is 8.75. The molecule has 0 spiro atoms. The van der Waals surface area contributed by atoms with Crippen molar-refractivity contribution < 1.29 is 19.4 Å². The minimum Gasteiger partial charge on any atom is -0.452 e. The van der Waals surface area contributed by atoms with E-state index in [4.69, 9.17) is 4.74 Å². The molecular formula is C21H27NO4. The third kappa shape index (κ3) is 2.92. The van der Waals surface area contributed by atoms with Gasteiger partial charge in [-0.3, -0.25) is 9.59 Å². The summed E-state index contributed by atoms with van der Waals surface area (Å²) in [7, 11) is 1.69. The van der Waals surface area contributed by atoms with Gasteiger partial charge in [0.25, 0.3) is 5.91 Å². The van der Waals surface area contributed by atoms with E-state index in [2.05, 4.69) is 0 Å². The highest BCUT2D eigenvalue weighted by molar-refractivity contribution is 5.97. The summed E-state index contributed by atoms with van der Waals surface area (Å²) in [6.45, 7) is 1.63. The highest BCUT2D eigenvalue weighted by Gasteiger charge is 2.61. The van der Waals surface area contributed by atoms with Crippen molar-refractivity contribution in [1.29, 1.82) is 0 Å². The van der Waals surface area contributed by atoms with Gasteiger partial charge in [0.2, 0.25) is 0 Å². The Bertz CT molecular complexity index is 702. The maximum absolute atomic E-state index is 13.0. The first kappa shape index (κ1) is 17.5. The average molecular weight is 357 g/mol. The maximum atomic E-state index is 13.0. The first-order valence-corrected chi connectivity index (χ1v) is 9.56. The molecule has 5 atom stereocenters. The van der Waals surface area contributed by atoms with Gasteiger partial charge in [0.05, 0.1) is 11.0 Å². The molecule has 1 aromatic carbocycles. The molecule has 0 heterocycles. The monoisotopic (exact) mass is 357 g/mol. The lowest BCUT2D eigenvalue weighted by molar-refractivity contribution is -0.199. The van der Waals surface area contributed by atoms with Crippen LogP contribution in [0, 0.1) is 17.3 Å². The maximum Gasteiger partial charge on any atom is 0.312 e. The summed E-state index contributed by atoms with van der Waals surface area (Å²) in [5.74, 6) is 0.277. The van der Waals surface area contributed by atoms with Crippen molar-refractivity contribution in [3.8, 4) is 0 Å². The highest BCUT2D eigenvalue weighted by atomic mass is 16.5. The van der Waals surface area contributed by atoms with Crippen LogP contribution in [-0.2, 0) is 14.3 Å². The lowest BCUT2D eigenvalue weighted by Crippen LogP contribution is -2.59. The van der Waals surface area contributed by atoms with E-state index in [0.29, 0.717) is 18.3 Å². The van der Waals surface area contributed by atoms with E-state index in [9.17, 15) is 14.7 Å². The summed E-state index contributed by atoms with van der Waals surface area (Å²) in [5, 5.41) is 10.8. The molecule has 140 valence electrons. The molecule has 4 fully saturated rings. The fourth-order valence-electron chi connectivity index (χ4n) is 5.84. The average Bonchev–Trinajstić information content (AvgIpc) is 2.59. The molecule has 1 N–H and O–H groups in total. The van der Waals surface area contributed by atoms with Crippen LogP contribution < -0.4 is 4.90 Å². The van der Waals surface area contributed by atoms with Crippen LogP contribution in [-0.4, -0.2) is 35.7 Å². The molecule has 4 bridgehead atoms. The van der Waals surface area contributed by atoms with Gasteiger partial charge in [0, 0.05) is 12.7 Å². The molecule has 5 rings (SSSR count). The fourth-order valence-corrected chi connectivity index (χ4v) is 5.84. The topological polar surface area (TPSA) is 66.8 Å². The molecule has 0 radical (unpaired) electrons. The molecule has 5 heteroatoms. The molecule has 5 nitrogen and oxygen atoms in total. The molecule has 1 aromatic rings. The molecule has 26 heavy (non-hydrogen) atoms. The highest BCUT2D eigenvalue weighted by Crippen LogP contribution is 2.62. The zero-order valence-corrected chi connectivity index (χ0v) is 15.5. The van der Waals surface area contributed by atoms with Gasteiger partial charge < -0.3 is 14.7 Å². The molecule has 4 aliphatic rings. The number of benzene rings is 1. The number of esters is 1. The number of anilines is 1. The SMILES string of the molecule is C[C@@H](OC(=O)C12C[C@@H]3C[C@@H](CC(O)(C3)C1)C2)C(=O)N(C)c1ccccc1. The number of hydrogen-bond donors (Lipinski definition) is 1. The molecule has 4 saturated carbocycles. The number of para-hydroxylation sites is 1. The molecule has 0 aliphatic heterocycles. The first-order valence-electron chi connectivity index (χ1n) is 9.56. The number of carbonyl (C=O) groups is 2. The zero-order valence-electron chi connectivity index (χ0n) is 15.5. The van der Waals surface area contributed by atoms with Gasteiger partial charge in [-0.1, -0.05) is 18.2 Å². The van der Waals surface area contributed by atoms with Crippen molar-refractivity contribution in [3.63, 3.8) is 0 Å². The van der Waals surface area contributed by atoms with Crippen LogP contribution in [0.2, 0.25) is 0 Å². The van der Waals surface area contributed by atoms with Crippen molar-refractivity contribution in [2.24, 2.45) is 17.3 Å². The molecule has 0 saturated heterocycles. The Morgan fingerprint density at radius 3 is 2.35 bits per heavy atom. The Kier molecular flexibility index (Phi) is 4.10. The van der Waals surface area contributed by atoms with Crippen LogP contribution in [0.25, 0.3) is 0 Å². The summed E-state index contributed by atoms with van der Waals surface area (Å²) in [4.78, 5) is 27.2. The predicted molar refractivity (Wildman–Crippen MR) is 97.5 cm³/mol. The Morgan fingerprint density at radius 1 is 1.15 bits per heavy atom. The number of aliphatic hydroxyl groups is 1. The van der Waals surface area contributed by atoms with E-state index in [1.807, 2.05) is 30.3 Å². The largest absolute Gasteiger partial charge is 0.452 e. The zero-order chi connectivity index (χ0) is 18.5. The van der Waals surface area contributed by atoms with E-state index in [1.165, 1.54) is 4.90 Å². The van der Waals surface area contributed by atoms with Crippen LogP contribution in [0.1, 0.15) is 45.4 Å². The van der Waals surface area contributed by atoms with Gasteiger partial charge >= 0.3 is 5.97 Å². The number of nitrogens with zero attached hydrogens (tertiary/aromatic N) is 1. The van der Waals surface area contributed by atoms with Crippen molar-refractivity contribution in [2.75, 3.05) is 11.9 Å². The van der Waals surface area contributed by atoms with E-state index < -0.39 is 17.1 Å². The van der Waals surface area contributed by atoms with E-state index in [0.717, 1.165) is 37.8 Å². The number of amides is 1. The van der Waals surface area contributed by atoms with Gasteiger partial charge in [-0.15, -0.1) is 0 Å². The fraction of sp³-hybridized carbons (Fsp3) is 0.619. The van der Waals surface area contributed by atoms with Crippen LogP contribution in [0.3, 0.4) is 0 Å². The lowest BCUT2D eigenvalue weighted by atomic mass is 9.48. The standard InChI is InChI=1S/C21H27NO4/c1-14(18(23)22(2)17-6-4-3-5-7-17)26-19(24)20-9-15-8-16(10-20)12-21(25,11-15)13-20/h3-7,14-16,25H,8-13H2,1-2H3/t14-,15-,16+,20?,21?/m1/s1. The summed E-state index contributed by atoms with van der Waals surface area (Å²) in [6.07, 6.45) is 3.97. The quantitative estimate of drug-likeness (QED) is 0.842. The van der Waals surface area contributed by atoms with Crippen LogP contribution in [0.4, 0.5) is 5.69 Å². The van der Waals surface area contributed by atoms with E-state index >= 15 is 0 Å². The lowest BCUT2D eigenvalue weighted by Gasteiger charge is -2.58. The van der Waals surface area contributed by atoms with E-state index in [1.54, 1.807) is 14.0 Å². The van der Waals surface area contributed by atoms with Crippen molar-refractivity contribution in [2.45, 2.75) is 57.2 Å². The van der Waals surface area contributed by atoms with Crippen molar-refractivity contribution >= 4 is 17.6 Å². The van der Waals surface area contributed by atoms with Gasteiger partial charge in [0.1, 0.15) is 0 Å². The van der Waals surface area contributed by atoms with Gasteiger partial charge in [-0.2, -0.15) is 0 Å². The summed E-state index contributed by atoms with van der Waals surface area (Å²) >= 11 is 0. The van der Waals surface area contributed by atoms with E-state index in [-0.39, 0.29) is 11.9 Å². The number of carbonyl (C=O) groups excluding carboxylic acids is 2. The predicted octanol–water partition coefficient (Wildman–Crippen LogP) is 2.91. The number of likely N-dealkylation sites (N-methyl/N-ethyl adjacent to an activating group) is 1. The second kappa shape index (κ2) is 6.08. The van der Waals surface area contributed by atoms with Gasteiger partial charge in [0.15, 0.2) is 6.10 Å². The summed E-state index contributed by atoms with van der Waals surface area (Å²) < 4.78 is 5.64. The molecule has 0 aromatic heterocycles. The molecule has 4 aliphatic carbocycles.